The van der Waals surface area contributed by atoms with Crippen LogP contribution in [0.25, 0.3) is 0 Å². The van der Waals surface area contributed by atoms with Gasteiger partial charge in [0.05, 0.1) is 13.2 Å². The van der Waals surface area contributed by atoms with Gasteiger partial charge in [-0.15, -0.1) is 0 Å². The average Bonchev–Trinajstić information content (AvgIpc) is 2.46. The molecule has 1 amide bonds. The molecule has 2 aromatic rings. The van der Waals surface area contributed by atoms with E-state index in [0.717, 1.165) is 23.8 Å². The number of amides is 1. The average molecular weight is 291 g/mol. The summed E-state index contributed by atoms with van der Waals surface area (Å²) in [7, 11) is 1.57. The van der Waals surface area contributed by atoms with Crippen LogP contribution in [0.2, 0.25) is 0 Å². The molecular formula is C16H15F2NO2. The van der Waals surface area contributed by atoms with E-state index in [1.807, 2.05) is 12.1 Å². The summed E-state index contributed by atoms with van der Waals surface area (Å²) in [6.45, 7) is 1.79. The van der Waals surface area contributed by atoms with E-state index in [-0.39, 0.29) is 11.6 Å². The van der Waals surface area contributed by atoms with Gasteiger partial charge < -0.3 is 10.1 Å². The number of benzene rings is 2. The number of methoxy groups -OCH3 is 1. The summed E-state index contributed by atoms with van der Waals surface area (Å²) in [5, 5.41) is 2.69. The molecule has 1 atom stereocenters. The lowest BCUT2D eigenvalue weighted by Gasteiger charge is -2.15. The third-order valence-corrected chi connectivity index (χ3v) is 3.09. The molecule has 0 aliphatic heterocycles. The molecule has 2 aromatic carbocycles. The molecule has 0 saturated carbocycles. The molecule has 0 bridgehead atoms. The molecule has 0 radical (unpaired) electrons. The minimum Gasteiger partial charge on any atom is -0.497 e. The number of carbonyl (C=O) groups is 1. The van der Waals surface area contributed by atoms with E-state index in [0.29, 0.717) is 5.75 Å². The third-order valence-electron chi connectivity index (χ3n) is 3.09. The predicted molar refractivity (Wildman–Crippen MR) is 75.2 cm³/mol. The number of hydrogen-bond donors (Lipinski definition) is 1. The summed E-state index contributed by atoms with van der Waals surface area (Å²) >= 11 is 0. The molecule has 0 fully saturated rings. The van der Waals surface area contributed by atoms with Gasteiger partial charge in [0.1, 0.15) is 17.4 Å². The van der Waals surface area contributed by atoms with Crippen LogP contribution in [0, 0.1) is 11.6 Å². The first-order valence-corrected chi connectivity index (χ1v) is 6.40. The zero-order chi connectivity index (χ0) is 15.4. The van der Waals surface area contributed by atoms with E-state index in [2.05, 4.69) is 5.32 Å². The summed E-state index contributed by atoms with van der Waals surface area (Å²) in [6, 6.07) is 9.61. The van der Waals surface area contributed by atoms with E-state index >= 15 is 0 Å². The van der Waals surface area contributed by atoms with Crippen LogP contribution in [-0.4, -0.2) is 13.0 Å². The van der Waals surface area contributed by atoms with E-state index in [9.17, 15) is 13.6 Å². The van der Waals surface area contributed by atoms with Crippen LogP contribution < -0.4 is 10.1 Å². The molecule has 0 aliphatic rings. The van der Waals surface area contributed by atoms with Crippen molar-refractivity contribution in [2.24, 2.45) is 0 Å². The number of nitrogens with one attached hydrogen (secondary N) is 1. The molecular weight excluding hydrogens is 276 g/mol. The Labute approximate surface area is 121 Å². The van der Waals surface area contributed by atoms with Crippen LogP contribution in [0.5, 0.6) is 5.75 Å². The molecule has 0 aliphatic carbocycles. The van der Waals surface area contributed by atoms with E-state index in [1.165, 1.54) is 0 Å². The Hall–Kier alpha value is -2.43. The van der Waals surface area contributed by atoms with Gasteiger partial charge in [-0.1, -0.05) is 12.1 Å². The minimum absolute atomic E-state index is 0.0483. The molecule has 5 heteroatoms. The fourth-order valence-corrected chi connectivity index (χ4v) is 1.94. The molecule has 21 heavy (non-hydrogen) atoms. The second-order valence-electron chi connectivity index (χ2n) is 4.63. The number of hydrogen-bond acceptors (Lipinski definition) is 2. The number of ether oxygens (including phenoxy) is 1. The molecule has 2 rings (SSSR count). The lowest BCUT2D eigenvalue weighted by atomic mass is 10.1. The highest BCUT2D eigenvalue weighted by molar-refractivity contribution is 5.94. The standard InChI is InChI=1S/C16H15F2NO2/c1-10(11-3-5-15(21-2)6-4-11)19-16(20)12-7-13(17)9-14(18)8-12/h3-10H,1-2H3,(H,19,20)/t10-/m0/s1. The van der Waals surface area contributed by atoms with Crippen molar-refractivity contribution in [3.8, 4) is 5.75 Å². The molecule has 0 unspecified atom stereocenters. The topological polar surface area (TPSA) is 38.3 Å². The maximum absolute atomic E-state index is 13.1. The summed E-state index contributed by atoms with van der Waals surface area (Å²) in [5.74, 6) is -1.38. The zero-order valence-electron chi connectivity index (χ0n) is 11.7. The normalized spacial score (nSPS) is 11.8. The van der Waals surface area contributed by atoms with Crippen molar-refractivity contribution in [3.05, 3.63) is 65.2 Å². The minimum atomic E-state index is -0.780. The quantitative estimate of drug-likeness (QED) is 0.936. The Morgan fingerprint density at radius 3 is 2.19 bits per heavy atom. The first kappa shape index (κ1) is 15.0. The highest BCUT2D eigenvalue weighted by Gasteiger charge is 2.13. The molecule has 1 N–H and O–H groups in total. The molecule has 0 aromatic heterocycles. The van der Waals surface area contributed by atoms with Gasteiger partial charge in [0, 0.05) is 11.6 Å². The lowest BCUT2D eigenvalue weighted by molar-refractivity contribution is 0.0939. The molecule has 0 spiro atoms. The van der Waals surface area contributed by atoms with Crippen LogP contribution in [0.4, 0.5) is 8.78 Å². The second kappa shape index (κ2) is 6.35. The van der Waals surface area contributed by atoms with Gasteiger partial charge in [-0.2, -0.15) is 0 Å². The lowest BCUT2D eigenvalue weighted by Crippen LogP contribution is -2.26. The molecule has 3 nitrogen and oxygen atoms in total. The smallest absolute Gasteiger partial charge is 0.251 e. The maximum Gasteiger partial charge on any atom is 0.251 e. The van der Waals surface area contributed by atoms with Gasteiger partial charge in [0.15, 0.2) is 0 Å². The Morgan fingerprint density at radius 2 is 1.67 bits per heavy atom. The van der Waals surface area contributed by atoms with Crippen molar-refractivity contribution in [1.29, 1.82) is 0 Å². The van der Waals surface area contributed by atoms with Gasteiger partial charge in [0.25, 0.3) is 5.91 Å². The summed E-state index contributed by atoms with van der Waals surface area (Å²) < 4.78 is 31.3. The van der Waals surface area contributed by atoms with Crippen molar-refractivity contribution in [2.75, 3.05) is 7.11 Å². The Morgan fingerprint density at radius 1 is 1.10 bits per heavy atom. The van der Waals surface area contributed by atoms with Gasteiger partial charge >= 0.3 is 0 Å². The van der Waals surface area contributed by atoms with Crippen molar-refractivity contribution in [2.45, 2.75) is 13.0 Å². The van der Waals surface area contributed by atoms with E-state index < -0.39 is 17.5 Å². The Kier molecular flexibility index (Phi) is 4.52. The van der Waals surface area contributed by atoms with E-state index in [4.69, 9.17) is 4.74 Å². The largest absolute Gasteiger partial charge is 0.497 e. The van der Waals surface area contributed by atoms with Crippen molar-refractivity contribution < 1.29 is 18.3 Å². The van der Waals surface area contributed by atoms with Crippen LogP contribution >= 0.6 is 0 Å². The summed E-state index contributed by atoms with van der Waals surface area (Å²) in [5.41, 5.74) is 0.814. The fraction of sp³-hybridized carbons (Fsp3) is 0.188. The molecule has 0 heterocycles. The summed E-state index contributed by atoms with van der Waals surface area (Å²) in [4.78, 5) is 12.0. The highest BCUT2D eigenvalue weighted by Crippen LogP contribution is 2.18. The van der Waals surface area contributed by atoms with E-state index in [1.54, 1.807) is 26.2 Å². The van der Waals surface area contributed by atoms with Crippen molar-refractivity contribution in [3.63, 3.8) is 0 Å². The number of rotatable bonds is 4. The van der Waals surface area contributed by atoms with Crippen molar-refractivity contribution >= 4 is 5.91 Å². The van der Waals surface area contributed by atoms with Crippen LogP contribution in [0.1, 0.15) is 28.9 Å². The Balaban J connectivity index is 2.10. The van der Waals surface area contributed by atoms with Gasteiger partial charge in [-0.3, -0.25) is 4.79 Å². The van der Waals surface area contributed by atoms with Crippen LogP contribution in [0.15, 0.2) is 42.5 Å². The first-order chi connectivity index (χ1) is 9.99. The number of carbonyl (C=O) groups excluding carboxylic acids is 1. The van der Waals surface area contributed by atoms with Crippen LogP contribution in [0.3, 0.4) is 0 Å². The second-order valence-corrected chi connectivity index (χ2v) is 4.63. The van der Waals surface area contributed by atoms with Crippen molar-refractivity contribution in [1.82, 2.24) is 5.32 Å². The van der Waals surface area contributed by atoms with Gasteiger partial charge in [-0.25, -0.2) is 8.78 Å². The zero-order valence-corrected chi connectivity index (χ0v) is 11.7. The predicted octanol–water partition coefficient (Wildman–Crippen LogP) is 3.46. The van der Waals surface area contributed by atoms with Crippen LogP contribution in [-0.2, 0) is 0 Å². The molecule has 0 saturated heterocycles. The highest BCUT2D eigenvalue weighted by atomic mass is 19.1. The monoisotopic (exact) mass is 291 g/mol. The first-order valence-electron chi connectivity index (χ1n) is 6.40. The number of halogens is 2. The Bertz CT molecular complexity index is 621. The summed E-state index contributed by atoms with van der Waals surface area (Å²) in [6.07, 6.45) is 0. The third kappa shape index (κ3) is 3.78. The van der Waals surface area contributed by atoms with Gasteiger partial charge in [0.2, 0.25) is 0 Å². The molecule has 110 valence electrons. The maximum atomic E-state index is 13.1. The SMILES string of the molecule is COc1ccc([C@H](C)NC(=O)c2cc(F)cc(F)c2)cc1. The van der Waals surface area contributed by atoms with Gasteiger partial charge in [-0.05, 0) is 36.8 Å². The fourth-order valence-electron chi connectivity index (χ4n) is 1.94.